The Morgan fingerprint density at radius 1 is 1.19 bits per heavy atom. The van der Waals surface area contributed by atoms with Crippen LogP contribution in [0.15, 0.2) is 59.7 Å². The summed E-state index contributed by atoms with van der Waals surface area (Å²) in [5.41, 5.74) is 3.23. The Bertz CT molecular complexity index is 999. The van der Waals surface area contributed by atoms with Crippen molar-refractivity contribution in [2.75, 3.05) is 11.9 Å². The van der Waals surface area contributed by atoms with Crippen molar-refractivity contribution >= 4 is 29.1 Å². The van der Waals surface area contributed by atoms with Gasteiger partial charge >= 0.3 is 12.0 Å². The van der Waals surface area contributed by atoms with E-state index in [2.05, 4.69) is 15.8 Å². The number of rotatable bonds is 8. The van der Waals surface area contributed by atoms with Crippen molar-refractivity contribution in [2.24, 2.45) is 11.0 Å². The van der Waals surface area contributed by atoms with Crippen LogP contribution in [0.2, 0.25) is 0 Å². The second-order valence-corrected chi connectivity index (χ2v) is 6.37. The van der Waals surface area contributed by atoms with E-state index in [0.717, 1.165) is 0 Å². The number of anilines is 1. The summed E-state index contributed by atoms with van der Waals surface area (Å²) < 4.78 is 5.09. The number of esters is 1. The van der Waals surface area contributed by atoms with Crippen molar-refractivity contribution in [1.82, 2.24) is 5.43 Å². The van der Waals surface area contributed by atoms with Crippen molar-refractivity contribution in [3.05, 3.63) is 70.3 Å². The zero-order valence-electron chi connectivity index (χ0n) is 16.9. The number of para-hydroxylation sites is 1. The molecule has 2 unspecified atom stereocenters. The lowest BCUT2D eigenvalue weighted by Gasteiger charge is -2.20. The predicted molar refractivity (Wildman–Crippen MR) is 113 cm³/mol. The van der Waals surface area contributed by atoms with Crippen LogP contribution in [0.5, 0.6) is 0 Å². The number of hydrogen-bond acceptors (Lipinski definition) is 7. The molecule has 0 aliphatic heterocycles. The number of nitro groups is 1. The Morgan fingerprint density at radius 3 is 2.39 bits per heavy atom. The maximum atomic E-state index is 12.6. The van der Waals surface area contributed by atoms with Gasteiger partial charge in [0.25, 0.3) is 5.69 Å². The van der Waals surface area contributed by atoms with Gasteiger partial charge in [-0.1, -0.05) is 30.3 Å². The highest BCUT2D eigenvalue weighted by Crippen LogP contribution is 2.28. The molecule has 0 aliphatic carbocycles. The summed E-state index contributed by atoms with van der Waals surface area (Å²) in [4.78, 5) is 35.0. The molecule has 0 aliphatic rings. The molecule has 0 fully saturated rings. The first-order valence-corrected chi connectivity index (χ1v) is 9.34. The van der Waals surface area contributed by atoms with Gasteiger partial charge in [-0.2, -0.15) is 10.4 Å². The first kappa shape index (κ1) is 23.0. The number of hydrogen-bond donors (Lipinski definition) is 2. The van der Waals surface area contributed by atoms with E-state index in [0.29, 0.717) is 11.3 Å². The lowest BCUT2D eigenvalue weighted by Crippen LogP contribution is -2.33. The van der Waals surface area contributed by atoms with Gasteiger partial charge < -0.3 is 10.1 Å². The summed E-state index contributed by atoms with van der Waals surface area (Å²) >= 11 is 0. The van der Waals surface area contributed by atoms with Crippen LogP contribution >= 0.6 is 0 Å². The summed E-state index contributed by atoms with van der Waals surface area (Å²) in [6, 6.07) is 15.4. The molecule has 0 spiro atoms. The third-order valence-corrected chi connectivity index (χ3v) is 4.29. The summed E-state index contributed by atoms with van der Waals surface area (Å²) in [5.74, 6) is -2.84. The molecule has 0 aromatic heterocycles. The molecule has 0 saturated carbocycles. The van der Waals surface area contributed by atoms with Gasteiger partial charge in [0.15, 0.2) is 0 Å². The monoisotopic (exact) mass is 423 g/mol. The number of hydrazone groups is 1. The van der Waals surface area contributed by atoms with E-state index in [1.165, 1.54) is 31.2 Å². The van der Waals surface area contributed by atoms with Crippen LogP contribution in [0, 0.1) is 27.4 Å². The van der Waals surface area contributed by atoms with Gasteiger partial charge in [-0.15, -0.1) is 0 Å². The second kappa shape index (κ2) is 11.1. The van der Waals surface area contributed by atoms with Crippen LogP contribution in [0.4, 0.5) is 16.2 Å². The Hall–Kier alpha value is -4.26. The smallest absolute Gasteiger partial charge is 0.339 e. The molecule has 0 heterocycles. The molecule has 2 rings (SSSR count). The fourth-order valence-corrected chi connectivity index (χ4v) is 2.81. The van der Waals surface area contributed by atoms with Crippen LogP contribution in [-0.4, -0.2) is 29.2 Å². The van der Waals surface area contributed by atoms with Gasteiger partial charge in [-0.05, 0) is 31.5 Å². The molecule has 0 radical (unpaired) electrons. The molecule has 2 aromatic carbocycles. The molecular formula is C21H21N5O5. The summed E-state index contributed by atoms with van der Waals surface area (Å²) in [6.07, 6.45) is 0. The summed E-state index contributed by atoms with van der Waals surface area (Å²) in [6.45, 7) is 3.20. The highest BCUT2D eigenvalue weighted by atomic mass is 16.6. The van der Waals surface area contributed by atoms with Gasteiger partial charge in [0.2, 0.25) is 0 Å². The van der Waals surface area contributed by atoms with Gasteiger partial charge in [-0.25, -0.2) is 10.2 Å². The van der Waals surface area contributed by atoms with Crippen molar-refractivity contribution in [1.29, 1.82) is 5.26 Å². The van der Waals surface area contributed by atoms with E-state index in [9.17, 15) is 25.0 Å². The van der Waals surface area contributed by atoms with Crippen LogP contribution in [0.25, 0.3) is 0 Å². The average Bonchev–Trinajstić information content (AvgIpc) is 2.76. The molecule has 160 valence electrons. The SMILES string of the molecule is CCOC(=O)C(/C(C)=N/NC(=O)Nc1ccccc1)C(C#N)c1ccc([N+](=O)[O-])cc1. The third-order valence-electron chi connectivity index (χ3n) is 4.29. The number of benzene rings is 2. The lowest BCUT2D eigenvalue weighted by molar-refractivity contribution is -0.384. The minimum Gasteiger partial charge on any atom is -0.465 e. The van der Waals surface area contributed by atoms with Crippen LogP contribution < -0.4 is 10.7 Å². The number of carbonyl (C=O) groups is 2. The van der Waals surface area contributed by atoms with Gasteiger partial charge in [0.05, 0.1) is 29.2 Å². The number of nitro benzene ring substituents is 1. The molecule has 2 amide bonds. The number of non-ortho nitro benzene ring substituents is 1. The topological polar surface area (TPSA) is 147 Å². The molecule has 2 atom stereocenters. The van der Waals surface area contributed by atoms with Crippen LogP contribution in [-0.2, 0) is 9.53 Å². The van der Waals surface area contributed by atoms with Crippen molar-refractivity contribution in [2.45, 2.75) is 19.8 Å². The summed E-state index contributed by atoms with van der Waals surface area (Å²) in [7, 11) is 0. The minimum atomic E-state index is -1.12. The largest absolute Gasteiger partial charge is 0.465 e. The molecule has 2 N–H and O–H groups in total. The molecule has 31 heavy (non-hydrogen) atoms. The molecule has 10 heteroatoms. The lowest BCUT2D eigenvalue weighted by atomic mass is 9.84. The fraction of sp³-hybridized carbons (Fsp3) is 0.238. The van der Waals surface area contributed by atoms with Gasteiger partial charge in [0.1, 0.15) is 5.92 Å². The number of amides is 2. The number of nitrogens with zero attached hydrogens (tertiary/aromatic N) is 3. The molecule has 0 bridgehead atoms. The fourth-order valence-electron chi connectivity index (χ4n) is 2.81. The maximum Gasteiger partial charge on any atom is 0.339 e. The van der Waals surface area contributed by atoms with E-state index in [4.69, 9.17) is 4.74 Å². The first-order chi connectivity index (χ1) is 14.9. The Labute approximate surface area is 178 Å². The molecule has 10 nitrogen and oxygen atoms in total. The number of urea groups is 1. The van der Waals surface area contributed by atoms with Crippen molar-refractivity contribution in [3.63, 3.8) is 0 Å². The maximum absolute atomic E-state index is 12.6. The van der Waals surface area contributed by atoms with Crippen molar-refractivity contribution in [3.8, 4) is 6.07 Å². The highest BCUT2D eigenvalue weighted by molar-refractivity contribution is 6.03. The van der Waals surface area contributed by atoms with Gasteiger partial charge in [0, 0.05) is 17.8 Å². The number of nitrogens with one attached hydrogen (secondary N) is 2. The van der Waals surface area contributed by atoms with E-state index in [-0.39, 0.29) is 18.0 Å². The summed E-state index contributed by atoms with van der Waals surface area (Å²) in [5, 5.41) is 27.1. The Morgan fingerprint density at radius 2 is 1.84 bits per heavy atom. The number of ether oxygens (including phenoxy) is 1. The van der Waals surface area contributed by atoms with Crippen LogP contribution in [0.1, 0.15) is 25.3 Å². The third kappa shape index (κ3) is 6.37. The van der Waals surface area contributed by atoms with Crippen LogP contribution in [0.3, 0.4) is 0 Å². The molecule has 2 aromatic rings. The zero-order valence-corrected chi connectivity index (χ0v) is 16.9. The molecule has 0 saturated heterocycles. The van der Waals surface area contributed by atoms with E-state index in [1.807, 2.05) is 6.07 Å². The first-order valence-electron chi connectivity index (χ1n) is 9.34. The Balaban J connectivity index is 2.25. The van der Waals surface area contributed by atoms with E-state index in [1.54, 1.807) is 37.3 Å². The normalized spacial score (nSPS) is 12.7. The standard InChI is InChI=1S/C21H21N5O5/c1-3-31-20(27)19(18(13-22)15-9-11-17(12-10-15)26(29)30)14(2)24-25-21(28)23-16-7-5-4-6-8-16/h4-12,18-19H,3H2,1-2H3,(H2,23,25,28)/b24-14+. The average molecular weight is 423 g/mol. The highest BCUT2D eigenvalue weighted by Gasteiger charge is 2.34. The van der Waals surface area contributed by atoms with Gasteiger partial charge in [-0.3, -0.25) is 14.9 Å². The Kier molecular flexibility index (Phi) is 8.22. The minimum absolute atomic E-state index is 0.0863. The predicted octanol–water partition coefficient (Wildman–Crippen LogP) is 3.58. The quantitative estimate of drug-likeness (QED) is 0.287. The number of carbonyl (C=O) groups excluding carboxylic acids is 2. The zero-order chi connectivity index (χ0) is 22.8. The van der Waals surface area contributed by atoms with E-state index >= 15 is 0 Å². The number of nitriles is 1. The molecular weight excluding hydrogens is 402 g/mol. The van der Waals surface area contributed by atoms with E-state index < -0.39 is 28.8 Å². The second-order valence-electron chi connectivity index (χ2n) is 6.37. The van der Waals surface area contributed by atoms with Crippen molar-refractivity contribution < 1.29 is 19.2 Å².